The molecule has 16 heavy (non-hydrogen) atoms. The van der Waals surface area contributed by atoms with Gasteiger partial charge < -0.3 is 0 Å². The van der Waals surface area contributed by atoms with Crippen LogP contribution in [0.3, 0.4) is 0 Å². The molecule has 1 rings (SSSR count). The van der Waals surface area contributed by atoms with Crippen molar-refractivity contribution in [3.05, 3.63) is 34.9 Å². The minimum Gasteiger partial charge on any atom is -0.287 e. The Morgan fingerprint density at radius 3 is 1.88 bits per heavy atom. The van der Waals surface area contributed by atoms with Crippen LogP contribution < -0.4 is 0 Å². The van der Waals surface area contributed by atoms with E-state index in [4.69, 9.17) is 11.6 Å². The fraction of sp³-hybridized carbons (Fsp3) is 0.273. The molecule has 0 atom stereocenters. The monoisotopic (exact) mass is 274 g/mol. The van der Waals surface area contributed by atoms with E-state index in [0.29, 0.717) is 5.02 Å². The van der Waals surface area contributed by atoms with Crippen LogP contribution >= 0.6 is 35.1 Å². The highest BCUT2D eigenvalue weighted by Gasteiger charge is 2.17. The van der Waals surface area contributed by atoms with Gasteiger partial charge in [0.1, 0.15) is 0 Å². The molecule has 0 saturated heterocycles. The molecule has 0 amide bonds. The highest BCUT2D eigenvalue weighted by Crippen LogP contribution is 2.40. The van der Waals surface area contributed by atoms with Crippen LogP contribution in [0.1, 0.15) is 24.0 Å². The topological polar surface area (TPSA) is 34.1 Å². The Kier molecular flexibility index (Phi) is 5.38. The molecule has 0 bridgehead atoms. The van der Waals surface area contributed by atoms with Crippen LogP contribution in [-0.4, -0.2) is 10.2 Å². The lowest BCUT2D eigenvalue weighted by molar-refractivity contribution is -0.109. The summed E-state index contributed by atoms with van der Waals surface area (Å²) in [6, 6.07) is 7.17. The maximum absolute atomic E-state index is 11.1. The molecule has 1 aromatic rings. The maximum Gasteiger partial charge on any atom is 0.187 e. The third-order valence-corrected chi connectivity index (χ3v) is 4.15. The summed E-state index contributed by atoms with van der Waals surface area (Å²) in [5.74, 6) is 0. The average molecular weight is 275 g/mol. The van der Waals surface area contributed by atoms with Crippen molar-refractivity contribution in [2.24, 2.45) is 0 Å². The van der Waals surface area contributed by atoms with Gasteiger partial charge in [0.05, 0.1) is 4.58 Å². The highest BCUT2D eigenvalue weighted by molar-refractivity contribution is 8.29. The molecule has 0 spiro atoms. The van der Waals surface area contributed by atoms with Gasteiger partial charge in [0, 0.05) is 18.9 Å². The van der Waals surface area contributed by atoms with Crippen molar-refractivity contribution in [1.29, 1.82) is 0 Å². The summed E-state index contributed by atoms with van der Waals surface area (Å²) in [6.45, 7) is 2.99. The van der Waals surface area contributed by atoms with Crippen molar-refractivity contribution in [3.8, 4) is 0 Å². The molecule has 86 valence electrons. The Balaban J connectivity index is 2.86. The van der Waals surface area contributed by atoms with Crippen molar-refractivity contribution in [2.75, 3.05) is 0 Å². The Morgan fingerprint density at radius 1 is 1.06 bits per heavy atom. The Bertz CT molecular complexity index is 373. The summed E-state index contributed by atoms with van der Waals surface area (Å²) in [5.41, 5.74) is 0.921. The SMILES string of the molecule is CC(=O)SC(SC(C)=O)c1ccc(Cl)cc1. The van der Waals surface area contributed by atoms with Crippen LogP contribution in [-0.2, 0) is 9.59 Å². The molecule has 1 aromatic carbocycles. The van der Waals surface area contributed by atoms with Crippen molar-refractivity contribution in [2.45, 2.75) is 18.4 Å². The Morgan fingerprint density at radius 2 is 1.50 bits per heavy atom. The summed E-state index contributed by atoms with van der Waals surface area (Å²) in [7, 11) is 0. The van der Waals surface area contributed by atoms with E-state index >= 15 is 0 Å². The predicted octanol–water partition coefficient (Wildman–Crippen LogP) is 3.90. The van der Waals surface area contributed by atoms with Gasteiger partial charge in [-0.15, -0.1) is 0 Å². The molecule has 0 N–H and O–H groups in total. The van der Waals surface area contributed by atoms with Crippen LogP contribution in [0.4, 0.5) is 0 Å². The van der Waals surface area contributed by atoms with Crippen LogP contribution in [0, 0.1) is 0 Å². The van der Waals surface area contributed by atoms with Crippen LogP contribution in [0.15, 0.2) is 24.3 Å². The van der Waals surface area contributed by atoms with Gasteiger partial charge in [0.15, 0.2) is 10.2 Å². The van der Waals surface area contributed by atoms with Crippen molar-refractivity contribution < 1.29 is 9.59 Å². The van der Waals surface area contributed by atoms with E-state index in [1.54, 1.807) is 12.1 Å². The van der Waals surface area contributed by atoms with E-state index < -0.39 is 0 Å². The number of thioether (sulfide) groups is 2. The summed E-state index contributed by atoms with van der Waals surface area (Å²) in [6.07, 6.45) is 0. The number of rotatable bonds is 3. The number of halogens is 1. The van der Waals surface area contributed by atoms with Gasteiger partial charge in [-0.25, -0.2) is 0 Å². The lowest BCUT2D eigenvalue weighted by Gasteiger charge is -2.12. The molecule has 0 radical (unpaired) electrons. The molecule has 0 heterocycles. The Labute approximate surface area is 108 Å². The van der Waals surface area contributed by atoms with Crippen LogP contribution in [0.25, 0.3) is 0 Å². The molecule has 0 aliphatic carbocycles. The van der Waals surface area contributed by atoms with Crippen LogP contribution in [0.2, 0.25) is 5.02 Å². The zero-order valence-corrected chi connectivity index (χ0v) is 11.3. The zero-order chi connectivity index (χ0) is 12.1. The summed E-state index contributed by atoms with van der Waals surface area (Å²) in [4.78, 5) is 22.2. The van der Waals surface area contributed by atoms with Gasteiger partial charge in [-0.1, -0.05) is 47.3 Å². The van der Waals surface area contributed by atoms with Gasteiger partial charge in [-0.3, -0.25) is 9.59 Å². The average Bonchev–Trinajstić information content (AvgIpc) is 2.16. The second kappa shape index (κ2) is 6.33. The maximum atomic E-state index is 11.1. The number of benzene rings is 1. The number of hydrogen-bond donors (Lipinski definition) is 0. The number of carbonyl (C=O) groups is 2. The largest absolute Gasteiger partial charge is 0.287 e. The van der Waals surface area contributed by atoms with E-state index in [0.717, 1.165) is 29.1 Å². The third kappa shape index (κ3) is 4.60. The molecule has 2 nitrogen and oxygen atoms in total. The molecule has 0 unspecified atom stereocenters. The molecule has 0 fully saturated rings. The quantitative estimate of drug-likeness (QED) is 0.783. The normalized spacial score (nSPS) is 10.5. The van der Waals surface area contributed by atoms with Gasteiger partial charge in [-0.05, 0) is 17.7 Å². The van der Waals surface area contributed by atoms with Gasteiger partial charge >= 0.3 is 0 Å². The van der Waals surface area contributed by atoms with Crippen LogP contribution in [0.5, 0.6) is 0 Å². The lowest BCUT2D eigenvalue weighted by atomic mass is 10.2. The fourth-order valence-corrected chi connectivity index (χ4v) is 3.40. The molecule has 0 aliphatic heterocycles. The van der Waals surface area contributed by atoms with E-state index in [1.807, 2.05) is 12.1 Å². The Hall–Kier alpha value is -0.450. The van der Waals surface area contributed by atoms with E-state index in [2.05, 4.69) is 0 Å². The first-order chi connectivity index (χ1) is 7.49. The van der Waals surface area contributed by atoms with Crippen molar-refractivity contribution in [3.63, 3.8) is 0 Å². The van der Waals surface area contributed by atoms with E-state index in [9.17, 15) is 9.59 Å². The minimum absolute atomic E-state index is 0.00583. The lowest BCUT2D eigenvalue weighted by Crippen LogP contribution is -1.96. The molecular weight excluding hydrogens is 264 g/mol. The van der Waals surface area contributed by atoms with Gasteiger partial charge in [-0.2, -0.15) is 0 Å². The summed E-state index contributed by atoms with van der Waals surface area (Å²) in [5, 5.41) is 0.630. The number of carbonyl (C=O) groups excluding carboxylic acids is 2. The smallest absolute Gasteiger partial charge is 0.187 e. The van der Waals surface area contributed by atoms with Crippen molar-refractivity contribution >= 4 is 45.4 Å². The highest BCUT2D eigenvalue weighted by atomic mass is 35.5. The number of hydrogen-bond acceptors (Lipinski definition) is 4. The van der Waals surface area contributed by atoms with Gasteiger partial charge in [0.25, 0.3) is 0 Å². The van der Waals surface area contributed by atoms with Crippen molar-refractivity contribution in [1.82, 2.24) is 0 Å². The first-order valence-electron chi connectivity index (χ1n) is 4.59. The second-order valence-electron chi connectivity index (χ2n) is 3.10. The summed E-state index contributed by atoms with van der Waals surface area (Å²) < 4.78 is -0.188. The first-order valence-corrected chi connectivity index (χ1v) is 6.72. The first kappa shape index (κ1) is 13.6. The molecular formula is C11H11ClO2S2. The molecule has 0 aliphatic rings. The minimum atomic E-state index is -0.188. The van der Waals surface area contributed by atoms with E-state index in [1.165, 1.54) is 13.8 Å². The fourth-order valence-electron chi connectivity index (χ4n) is 1.08. The van der Waals surface area contributed by atoms with Gasteiger partial charge in [0.2, 0.25) is 0 Å². The summed E-state index contributed by atoms with van der Waals surface area (Å²) >= 11 is 8.07. The standard InChI is InChI=1S/C11H11ClO2S2/c1-7(13)15-11(16-8(2)14)9-3-5-10(12)6-4-9/h3-6,11H,1-2H3. The predicted molar refractivity (Wildman–Crippen MR) is 70.7 cm³/mol. The second-order valence-corrected chi connectivity index (χ2v) is 6.40. The third-order valence-electron chi connectivity index (χ3n) is 1.69. The molecule has 5 heteroatoms. The molecule has 0 saturated carbocycles. The van der Waals surface area contributed by atoms with E-state index in [-0.39, 0.29) is 14.8 Å². The molecule has 0 aromatic heterocycles. The zero-order valence-electron chi connectivity index (χ0n) is 8.90.